The summed E-state index contributed by atoms with van der Waals surface area (Å²) in [5.74, 6) is -0.0551. The van der Waals surface area contributed by atoms with Gasteiger partial charge in [-0.25, -0.2) is 0 Å². The minimum absolute atomic E-state index is 0.113. The summed E-state index contributed by atoms with van der Waals surface area (Å²) < 4.78 is 15.4. The number of carbonyl (C=O) groups is 4. The summed E-state index contributed by atoms with van der Waals surface area (Å²) in [6, 6.07) is 11.4. The molecule has 0 saturated carbocycles. The van der Waals surface area contributed by atoms with Crippen molar-refractivity contribution in [2.75, 3.05) is 18.7 Å². The lowest BCUT2D eigenvalue weighted by atomic mass is 10.2. The first-order valence-electron chi connectivity index (χ1n) is 9.12. The average Bonchev–Trinajstić information content (AvgIpc) is 3.29. The molecule has 1 fully saturated rings. The normalized spacial score (nSPS) is 16.0. The van der Waals surface area contributed by atoms with Crippen molar-refractivity contribution in [3.63, 3.8) is 0 Å². The molecule has 1 N–H and O–H groups in total. The van der Waals surface area contributed by atoms with Crippen molar-refractivity contribution in [1.82, 2.24) is 4.90 Å². The molecule has 0 unspecified atom stereocenters. The van der Waals surface area contributed by atoms with Crippen LogP contribution in [0.4, 0.5) is 10.5 Å². The monoisotopic (exact) mass is 440 g/mol. The Balaban J connectivity index is 1.40. The first-order valence-corrected chi connectivity index (χ1v) is 9.94. The number of hydrogen-bond donors (Lipinski definition) is 1. The Kier molecular flexibility index (Phi) is 5.63. The van der Waals surface area contributed by atoms with E-state index in [1.807, 2.05) is 0 Å². The van der Waals surface area contributed by atoms with Crippen LogP contribution < -0.4 is 19.5 Å². The Morgan fingerprint density at radius 1 is 1.13 bits per heavy atom. The molecule has 31 heavy (non-hydrogen) atoms. The topological polar surface area (TPSA) is 111 Å². The summed E-state index contributed by atoms with van der Waals surface area (Å²) in [6.07, 6.45) is 1.54. The first-order chi connectivity index (χ1) is 14.9. The van der Waals surface area contributed by atoms with Crippen LogP contribution in [0.1, 0.15) is 12.5 Å². The quantitative estimate of drug-likeness (QED) is 0.429. The summed E-state index contributed by atoms with van der Waals surface area (Å²) in [6.45, 7) is 0.997. The highest BCUT2D eigenvalue weighted by Gasteiger charge is 2.36. The molecule has 0 spiro atoms. The van der Waals surface area contributed by atoms with E-state index >= 15 is 0 Å². The number of anilines is 1. The number of fused-ring (bicyclic) bond motifs is 1. The molecular formula is C21H16N2O7S. The summed E-state index contributed by atoms with van der Waals surface area (Å²) in [4.78, 5) is 49.3. The molecule has 0 aromatic heterocycles. The Bertz CT molecular complexity index is 1110. The van der Waals surface area contributed by atoms with Gasteiger partial charge in [-0.05, 0) is 47.7 Å². The molecule has 158 valence electrons. The van der Waals surface area contributed by atoms with Gasteiger partial charge in [0.1, 0.15) is 12.3 Å². The fourth-order valence-corrected chi connectivity index (χ4v) is 3.74. The number of imide groups is 1. The smallest absolute Gasteiger partial charge is 0.308 e. The Hall–Kier alpha value is -3.79. The second-order valence-electron chi connectivity index (χ2n) is 6.55. The number of esters is 1. The predicted octanol–water partition coefficient (Wildman–Crippen LogP) is 3.02. The number of rotatable bonds is 5. The molecule has 3 amide bonds. The van der Waals surface area contributed by atoms with Crippen LogP contribution in [0.5, 0.6) is 17.2 Å². The van der Waals surface area contributed by atoms with Crippen molar-refractivity contribution in [2.24, 2.45) is 0 Å². The third-order valence-corrected chi connectivity index (χ3v) is 5.18. The lowest BCUT2D eigenvalue weighted by Crippen LogP contribution is -2.36. The average molecular weight is 440 g/mol. The third kappa shape index (κ3) is 4.69. The van der Waals surface area contributed by atoms with Crippen LogP contribution in [0.15, 0.2) is 47.4 Å². The fraction of sp³-hybridized carbons (Fsp3) is 0.143. The number of thioether (sulfide) groups is 1. The highest BCUT2D eigenvalue weighted by Crippen LogP contribution is 2.35. The molecule has 2 aliphatic heterocycles. The van der Waals surface area contributed by atoms with Crippen LogP contribution >= 0.6 is 11.8 Å². The van der Waals surface area contributed by atoms with Gasteiger partial charge >= 0.3 is 5.97 Å². The van der Waals surface area contributed by atoms with Crippen molar-refractivity contribution < 1.29 is 33.4 Å². The number of nitrogens with zero attached hydrogens (tertiary/aromatic N) is 1. The number of carbonyl (C=O) groups excluding carboxylic acids is 4. The minimum Gasteiger partial charge on any atom is -0.454 e. The van der Waals surface area contributed by atoms with Gasteiger partial charge in [0.05, 0.1) is 4.91 Å². The van der Waals surface area contributed by atoms with E-state index in [0.717, 1.165) is 16.7 Å². The van der Waals surface area contributed by atoms with Gasteiger partial charge in [-0.15, -0.1) is 0 Å². The number of hydrogen-bond acceptors (Lipinski definition) is 8. The zero-order chi connectivity index (χ0) is 22.0. The van der Waals surface area contributed by atoms with Crippen molar-refractivity contribution >= 4 is 46.5 Å². The van der Waals surface area contributed by atoms with Gasteiger partial charge in [-0.1, -0.05) is 12.1 Å². The molecule has 10 heteroatoms. The SMILES string of the molecule is CC(=O)Oc1ccc(/C=C2/SC(=O)N(CC(=O)Nc3ccc4c(c3)OCO4)C2=O)cc1. The standard InChI is InChI=1S/C21H16N2O7S/c1-12(24)30-15-5-2-13(3-6-15)8-18-20(26)23(21(27)31-18)10-19(25)22-14-4-7-16-17(9-14)29-11-28-16/h2-9H,10-11H2,1H3,(H,22,25)/b18-8+. The molecule has 0 aliphatic carbocycles. The number of benzene rings is 2. The molecule has 0 bridgehead atoms. The molecule has 0 radical (unpaired) electrons. The van der Waals surface area contributed by atoms with Crippen LogP contribution in [0.25, 0.3) is 6.08 Å². The van der Waals surface area contributed by atoms with E-state index in [1.54, 1.807) is 42.5 Å². The number of nitrogens with one attached hydrogen (secondary N) is 1. The van der Waals surface area contributed by atoms with Gasteiger partial charge in [0, 0.05) is 18.7 Å². The van der Waals surface area contributed by atoms with Crippen molar-refractivity contribution in [1.29, 1.82) is 0 Å². The van der Waals surface area contributed by atoms with Gasteiger partial charge in [0.25, 0.3) is 11.1 Å². The molecule has 2 aromatic rings. The van der Waals surface area contributed by atoms with Gasteiger partial charge in [-0.3, -0.25) is 24.1 Å². The predicted molar refractivity (Wildman–Crippen MR) is 112 cm³/mol. The molecule has 2 aromatic carbocycles. The van der Waals surface area contributed by atoms with E-state index in [1.165, 1.54) is 13.0 Å². The second kappa shape index (κ2) is 8.52. The summed E-state index contributed by atoms with van der Waals surface area (Å²) in [5, 5.41) is 2.10. The fourth-order valence-electron chi connectivity index (χ4n) is 2.90. The lowest BCUT2D eigenvalue weighted by Gasteiger charge is -2.12. The minimum atomic E-state index is -0.556. The maximum Gasteiger partial charge on any atom is 0.308 e. The van der Waals surface area contributed by atoms with Crippen molar-refractivity contribution in [3.8, 4) is 17.2 Å². The van der Waals surface area contributed by atoms with Crippen LogP contribution in [-0.4, -0.2) is 41.3 Å². The highest BCUT2D eigenvalue weighted by molar-refractivity contribution is 8.18. The van der Waals surface area contributed by atoms with Crippen LogP contribution in [-0.2, 0) is 14.4 Å². The van der Waals surface area contributed by atoms with Crippen LogP contribution in [0.3, 0.4) is 0 Å². The van der Waals surface area contributed by atoms with Crippen LogP contribution in [0, 0.1) is 0 Å². The van der Waals surface area contributed by atoms with E-state index in [4.69, 9.17) is 14.2 Å². The lowest BCUT2D eigenvalue weighted by molar-refractivity contribution is -0.131. The largest absolute Gasteiger partial charge is 0.454 e. The Morgan fingerprint density at radius 3 is 2.61 bits per heavy atom. The molecule has 4 rings (SSSR count). The summed E-state index contributed by atoms with van der Waals surface area (Å²) in [7, 11) is 0. The zero-order valence-corrected chi connectivity index (χ0v) is 17.1. The van der Waals surface area contributed by atoms with Crippen LogP contribution in [0.2, 0.25) is 0 Å². The summed E-state index contributed by atoms with van der Waals surface area (Å²) in [5.41, 5.74) is 1.11. The van der Waals surface area contributed by atoms with E-state index in [9.17, 15) is 19.2 Å². The van der Waals surface area contributed by atoms with Crippen molar-refractivity contribution in [3.05, 3.63) is 52.9 Å². The van der Waals surface area contributed by atoms with Gasteiger partial charge in [-0.2, -0.15) is 0 Å². The van der Waals surface area contributed by atoms with Crippen molar-refractivity contribution in [2.45, 2.75) is 6.92 Å². The zero-order valence-electron chi connectivity index (χ0n) is 16.2. The second-order valence-corrected chi connectivity index (χ2v) is 7.54. The van der Waals surface area contributed by atoms with Gasteiger partial charge in [0.15, 0.2) is 11.5 Å². The van der Waals surface area contributed by atoms with E-state index in [-0.39, 0.29) is 11.7 Å². The van der Waals surface area contributed by atoms with E-state index in [2.05, 4.69) is 5.32 Å². The van der Waals surface area contributed by atoms with Gasteiger partial charge in [0.2, 0.25) is 12.7 Å². The maximum absolute atomic E-state index is 12.6. The molecule has 0 atom stereocenters. The third-order valence-electron chi connectivity index (χ3n) is 4.27. The van der Waals surface area contributed by atoms with E-state index < -0.39 is 29.6 Å². The number of ether oxygens (including phenoxy) is 3. The highest BCUT2D eigenvalue weighted by atomic mass is 32.2. The molecule has 1 saturated heterocycles. The molecular weight excluding hydrogens is 424 g/mol. The Labute approximate surface area is 180 Å². The first kappa shape index (κ1) is 20.5. The molecule has 9 nitrogen and oxygen atoms in total. The van der Waals surface area contributed by atoms with Gasteiger partial charge < -0.3 is 19.5 Å². The van der Waals surface area contributed by atoms with E-state index in [0.29, 0.717) is 28.5 Å². The maximum atomic E-state index is 12.6. The molecule has 2 heterocycles. The number of amides is 3. The Morgan fingerprint density at radius 2 is 1.87 bits per heavy atom. The molecule has 2 aliphatic rings. The summed E-state index contributed by atoms with van der Waals surface area (Å²) >= 11 is 0.753.